The number of thiophene rings is 1. The summed E-state index contributed by atoms with van der Waals surface area (Å²) in [7, 11) is -1.23. The summed E-state index contributed by atoms with van der Waals surface area (Å²) in [6.07, 6.45) is 0. The van der Waals surface area contributed by atoms with Crippen LogP contribution in [0.25, 0.3) is 0 Å². The van der Waals surface area contributed by atoms with Crippen LogP contribution in [-0.2, 0) is 14.8 Å². The fourth-order valence-corrected chi connectivity index (χ4v) is 4.02. The summed E-state index contributed by atoms with van der Waals surface area (Å²) in [5.41, 5.74) is 5.37. The van der Waals surface area contributed by atoms with Crippen molar-refractivity contribution in [3.63, 3.8) is 0 Å². The molecule has 0 aromatic carbocycles. The molecule has 0 aliphatic heterocycles. The molecule has 0 saturated carbocycles. The first kappa shape index (κ1) is 15.9. The molecule has 0 radical (unpaired) electrons. The molecule has 0 spiro atoms. The molecule has 0 fully saturated rings. The van der Waals surface area contributed by atoms with Gasteiger partial charge in [-0.05, 0) is 6.92 Å². The molecule has 1 aromatic heterocycles. The lowest BCUT2D eigenvalue weighted by atomic mass is 10.4. The second kappa shape index (κ2) is 6.33. The van der Waals surface area contributed by atoms with E-state index in [0.29, 0.717) is 0 Å². The molecule has 0 aliphatic rings. The van der Waals surface area contributed by atoms with Crippen LogP contribution in [0.5, 0.6) is 5.75 Å². The number of nitrogens with one attached hydrogen (secondary N) is 1. The Hall–Kier alpha value is -1.16. The van der Waals surface area contributed by atoms with Crippen LogP contribution in [-0.4, -0.2) is 41.2 Å². The van der Waals surface area contributed by atoms with Gasteiger partial charge in [0.15, 0.2) is 9.96 Å². The summed E-state index contributed by atoms with van der Waals surface area (Å²) < 4.78 is 36.1. The molecule has 0 saturated heterocycles. The minimum atomic E-state index is -3.78. The third kappa shape index (κ3) is 3.66. The topological polar surface area (TPSA) is 108 Å². The number of sulfonamides is 1. The lowest BCUT2D eigenvalue weighted by Gasteiger charge is -2.11. The van der Waals surface area contributed by atoms with Crippen LogP contribution in [0.15, 0.2) is 10.3 Å². The number of rotatable bonds is 6. The number of nitrogens with two attached hydrogens (primary N) is 1. The van der Waals surface area contributed by atoms with E-state index in [4.69, 9.17) is 10.5 Å². The number of hydrogen-bond acceptors (Lipinski definition) is 7. The Labute approximate surface area is 115 Å². The van der Waals surface area contributed by atoms with Gasteiger partial charge in [-0.25, -0.2) is 17.9 Å². The van der Waals surface area contributed by atoms with E-state index in [2.05, 4.69) is 9.46 Å². The van der Waals surface area contributed by atoms with E-state index in [1.165, 1.54) is 20.3 Å². The summed E-state index contributed by atoms with van der Waals surface area (Å²) in [6.45, 7) is 1.80. The highest BCUT2D eigenvalue weighted by atomic mass is 32.2. The molecule has 1 aromatic rings. The predicted molar refractivity (Wildman–Crippen MR) is 71.0 cm³/mol. The van der Waals surface area contributed by atoms with Gasteiger partial charge in [-0.1, -0.05) is 0 Å². The summed E-state index contributed by atoms with van der Waals surface area (Å²) in [4.78, 5) is 11.6. The molecule has 1 rings (SSSR count). The molecule has 1 heterocycles. The van der Waals surface area contributed by atoms with Crippen LogP contribution in [0, 0.1) is 0 Å². The van der Waals surface area contributed by atoms with E-state index in [1.807, 2.05) is 0 Å². The van der Waals surface area contributed by atoms with Crippen LogP contribution in [0.3, 0.4) is 0 Å². The number of esters is 1. The van der Waals surface area contributed by atoms with Crippen LogP contribution in [0.2, 0.25) is 0 Å². The maximum Gasteiger partial charge on any atom is 0.348 e. The lowest BCUT2D eigenvalue weighted by molar-refractivity contribution is 0.0606. The third-order valence-electron chi connectivity index (χ3n) is 2.23. The van der Waals surface area contributed by atoms with Crippen molar-refractivity contribution in [2.75, 3.05) is 20.8 Å². The minimum Gasteiger partial charge on any atom is -0.494 e. The maximum absolute atomic E-state index is 12.1. The molecule has 108 valence electrons. The van der Waals surface area contributed by atoms with Crippen molar-refractivity contribution >= 4 is 27.3 Å². The van der Waals surface area contributed by atoms with Crippen molar-refractivity contribution in [2.24, 2.45) is 5.73 Å². The first-order valence-corrected chi connectivity index (χ1v) is 7.64. The highest BCUT2D eigenvalue weighted by Gasteiger charge is 2.26. The molecular weight excluding hydrogens is 292 g/mol. The highest BCUT2D eigenvalue weighted by Crippen LogP contribution is 2.33. The zero-order chi connectivity index (χ0) is 14.6. The van der Waals surface area contributed by atoms with E-state index in [1.54, 1.807) is 6.92 Å². The van der Waals surface area contributed by atoms with Gasteiger partial charge < -0.3 is 15.2 Å². The molecule has 1 atom stereocenters. The fourth-order valence-electron chi connectivity index (χ4n) is 1.25. The predicted octanol–water partition coefficient (Wildman–Crippen LogP) is 0.169. The van der Waals surface area contributed by atoms with E-state index >= 15 is 0 Å². The normalized spacial score (nSPS) is 13.1. The van der Waals surface area contributed by atoms with E-state index in [-0.39, 0.29) is 21.4 Å². The minimum absolute atomic E-state index is 0.0734. The Morgan fingerprint density at radius 2 is 2.16 bits per heavy atom. The Kier molecular flexibility index (Phi) is 5.29. The number of ether oxygens (including phenoxy) is 2. The second-order valence-electron chi connectivity index (χ2n) is 3.72. The molecule has 0 bridgehead atoms. The SMILES string of the molecule is COC(=O)c1cc(OC)c(S(=O)(=O)N[C@@H](C)CN)s1. The first-order valence-electron chi connectivity index (χ1n) is 5.34. The third-order valence-corrected chi connectivity index (χ3v) is 5.43. The standard InChI is InChI=1S/C10H16N2O5S2/c1-6(5-11)12-19(14,15)10-7(16-2)4-8(18-10)9(13)17-3/h4,6,12H,5,11H2,1-3H3/t6-/m0/s1. The number of carbonyl (C=O) groups excluding carboxylic acids is 1. The smallest absolute Gasteiger partial charge is 0.348 e. The summed E-state index contributed by atoms with van der Waals surface area (Å²) in [5.74, 6) is -0.515. The monoisotopic (exact) mass is 308 g/mol. The van der Waals surface area contributed by atoms with Gasteiger partial charge in [-0.2, -0.15) is 0 Å². The Balaban J connectivity index is 3.18. The number of methoxy groups -OCH3 is 2. The molecule has 9 heteroatoms. The number of hydrogen-bond donors (Lipinski definition) is 2. The Bertz CT molecular complexity index is 552. The molecule has 0 unspecified atom stereocenters. The van der Waals surface area contributed by atoms with Gasteiger partial charge in [-0.3, -0.25) is 0 Å². The van der Waals surface area contributed by atoms with Crippen molar-refractivity contribution in [3.05, 3.63) is 10.9 Å². The van der Waals surface area contributed by atoms with Gasteiger partial charge in [-0.15, -0.1) is 11.3 Å². The van der Waals surface area contributed by atoms with Crippen LogP contribution < -0.4 is 15.2 Å². The van der Waals surface area contributed by atoms with Gasteiger partial charge in [0.2, 0.25) is 0 Å². The van der Waals surface area contributed by atoms with Crippen molar-refractivity contribution < 1.29 is 22.7 Å². The molecule has 19 heavy (non-hydrogen) atoms. The molecular formula is C10H16N2O5S2. The van der Waals surface area contributed by atoms with Crippen molar-refractivity contribution in [1.82, 2.24) is 4.72 Å². The number of carbonyl (C=O) groups is 1. The largest absolute Gasteiger partial charge is 0.494 e. The molecule has 3 N–H and O–H groups in total. The average Bonchev–Trinajstić information content (AvgIpc) is 2.82. The first-order chi connectivity index (χ1) is 8.85. The molecule has 0 amide bonds. The fraction of sp³-hybridized carbons (Fsp3) is 0.500. The molecule has 7 nitrogen and oxygen atoms in total. The highest BCUT2D eigenvalue weighted by molar-refractivity contribution is 7.91. The Morgan fingerprint density at radius 1 is 1.53 bits per heavy atom. The average molecular weight is 308 g/mol. The molecule has 0 aliphatic carbocycles. The van der Waals surface area contributed by atoms with Crippen LogP contribution in [0.4, 0.5) is 0 Å². The van der Waals surface area contributed by atoms with Gasteiger partial charge >= 0.3 is 5.97 Å². The summed E-state index contributed by atoms with van der Waals surface area (Å²) >= 11 is 0.785. The van der Waals surface area contributed by atoms with Gasteiger partial charge in [0.1, 0.15) is 4.88 Å². The van der Waals surface area contributed by atoms with Crippen LogP contribution >= 0.6 is 11.3 Å². The van der Waals surface area contributed by atoms with Crippen LogP contribution in [0.1, 0.15) is 16.6 Å². The quantitative estimate of drug-likeness (QED) is 0.725. The lowest BCUT2D eigenvalue weighted by Crippen LogP contribution is -2.37. The van der Waals surface area contributed by atoms with E-state index in [9.17, 15) is 13.2 Å². The van der Waals surface area contributed by atoms with Gasteiger partial charge in [0.05, 0.1) is 14.2 Å². The van der Waals surface area contributed by atoms with E-state index in [0.717, 1.165) is 11.3 Å². The van der Waals surface area contributed by atoms with Gasteiger partial charge in [0, 0.05) is 18.7 Å². The summed E-state index contributed by atoms with van der Waals surface area (Å²) in [5, 5.41) is 0. The van der Waals surface area contributed by atoms with E-state index < -0.39 is 22.0 Å². The van der Waals surface area contributed by atoms with Crippen molar-refractivity contribution in [3.8, 4) is 5.75 Å². The zero-order valence-corrected chi connectivity index (χ0v) is 12.4. The van der Waals surface area contributed by atoms with Crippen molar-refractivity contribution in [1.29, 1.82) is 0 Å². The zero-order valence-electron chi connectivity index (χ0n) is 10.8. The van der Waals surface area contributed by atoms with Crippen molar-refractivity contribution in [2.45, 2.75) is 17.2 Å². The summed E-state index contributed by atoms with van der Waals surface area (Å²) in [6, 6.07) is 0.913. The Morgan fingerprint density at radius 3 is 2.63 bits per heavy atom. The second-order valence-corrected chi connectivity index (χ2v) is 6.68. The maximum atomic E-state index is 12.1. The van der Waals surface area contributed by atoms with Gasteiger partial charge in [0.25, 0.3) is 10.0 Å².